The Hall–Kier alpha value is -1.63. The van der Waals surface area contributed by atoms with E-state index in [1.165, 1.54) is 0 Å². The van der Waals surface area contributed by atoms with E-state index in [1.54, 1.807) is 24.3 Å². The zero-order valence-corrected chi connectivity index (χ0v) is 11.6. The Morgan fingerprint density at radius 3 is 3.15 bits per heavy atom. The van der Waals surface area contributed by atoms with E-state index in [9.17, 15) is 9.90 Å². The first kappa shape index (κ1) is 14.8. The molecule has 1 heterocycles. The van der Waals surface area contributed by atoms with Crippen LogP contribution in [-0.2, 0) is 9.53 Å². The van der Waals surface area contributed by atoms with Crippen molar-refractivity contribution in [3.8, 4) is 0 Å². The van der Waals surface area contributed by atoms with E-state index in [0.717, 1.165) is 0 Å². The van der Waals surface area contributed by atoms with Crippen LogP contribution in [-0.4, -0.2) is 54.4 Å². The van der Waals surface area contributed by atoms with Crippen LogP contribution in [0.5, 0.6) is 0 Å². The van der Waals surface area contributed by atoms with Crippen LogP contribution in [0.1, 0.15) is 6.92 Å². The number of nitrogens with zero attached hydrogens (tertiary/aromatic N) is 1. The van der Waals surface area contributed by atoms with Gasteiger partial charge in [-0.3, -0.25) is 9.69 Å². The summed E-state index contributed by atoms with van der Waals surface area (Å²) in [4.78, 5) is 14.2. The average molecular weight is 279 g/mol. The van der Waals surface area contributed by atoms with E-state index in [2.05, 4.69) is 5.32 Å². The summed E-state index contributed by atoms with van der Waals surface area (Å²) < 4.78 is 5.32. The first-order valence-corrected chi connectivity index (χ1v) is 6.72. The van der Waals surface area contributed by atoms with Gasteiger partial charge in [-0.25, -0.2) is 0 Å². The highest BCUT2D eigenvalue weighted by molar-refractivity contribution is 5.94. The van der Waals surface area contributed by atoms with Crippen LogP contribution < -0.4 is 11.1 Å². The Kier molecular flexibility index (Phi) is 4.94. The van der Waals surface area contributed by atoms with Crippen molar-refractivity contribution in [1.29, 1.82) is 0 Å². The lowest BCUT2D eigenvalue weighted by Gasteiger charge is -2.37. The molecule has 1 fully saturated rings. The number of amides is 1. The number of hydrogen-bond acceptors (Lipinski definition) is 5. The Balaban J connectivity index is 2.00. The molecule has 1 saturated heterocycles. The minimum absolute atomic E-state index is 0.0180. The van der Waals surface area contributed by atoms with E-state index in [0.29, 0.717) is 31.1 Å². The summed E-state index contributed by atoms with van der Waals surface area (Å²) in [5.41, 5.74) is 6.97. The second-order valence-corrected chi connectivity index (χ2v) is 4.94. The molecular weight excluding hydrogens is 258 g/mol. The molecule has 0 spiro atoms. The molecule has 0 radical (unpaired) electrons. The summed E-state index contributed by atoms with van der Waals surface area (Å²) >= 11 is 0. The van der Waals surface area contributed by atoms with Crippen LogP contribution in [0.15, 0.2) is 24.3 Å². The van der Waals surface area contributed by atoms with Crippen molar-refractivity contribution < 1.29 is 14.6 Å². The smallest absolute Gasteiger partial charge is 0.241 e. The number of nitrogens with one attached hydrogen (secondary N) is 1. The number of anilines is 2. The fourth-order valence-corrected chi connectivity index (χ4v) is 2.35. The van der Waals surface area contributed by atoms with Crippen LogP contribution in [0, 0.1) is 0 Å². The SMILES string of the molecule is CC(C(=O)Nc1cccc(N)c1)N1CCOCC1CO. The third kappa shape index (κ3) is 3.47. The molecule has 0 aromatic heterocycles. The highest BCUT2D eigenvalue weighted by Gasteiger charge is 2.30. The fourth-order valence-electron chi connectivity index (χ4n) is 2.35. The summed E-state index contributed by atoms with van der Waals surface area (Å²) in [6, 6.07) is 6.60. The molecule has 1 amide bonds. The zero-order chi connectivity index (χ0) is 14.5. The minimum atomic E-state index is -0.336. The second-order valence-electron chi connectivity index (χ2n) is 4.94. The summed E-state index contributed by atoms with van der Waals surface area (Å²) in [7, 11) is 0. The maximum absolute atomic E-state index is 12.3. The van der Waals surface area contributed by atoms with Crippen molar-refractivity contribution in [3.05, 3.63) is 24.3 Å². The maximum Gasteiger partial charge on any atom is 0.241 e. The molecule has 2 unspecified atom stereocenters. The summed E-state index contributed by atoms with van der Waals surface area (Å²) in [6.45, 7) is 3.47. The molecule has 2 atom stereocenters. The zero-order valence-electron chi connectivity index (χ0n) is 11.6. The normalized spacial score (nSPS) is 21.4. The van der Waals surface area contributed by atoms with E-state index >= 15 is 0 Å². The largest absolute Gasteiger partial charge is 0.399 e. The van der Waals surface area contributed by atoms with Crippen LogP contribution in [0.2, 0.25) is 0 Å². The molecule has 110 valence electrons. The predicted molar refractivity (Wildman–Crippen MR) is 77.3 cm³/mol. The molecule has 0 saturated carbocycles. The molecule has 1 aromatic rings. The van der Waals surface area contributed by atoms with Gasteiger partial charge in [0.25, 0.3) is 0 Å². The number of carbonyl (C=O) groups excluding carboxylic acids is 1. The van der Waals surface area contributed by atoms with E-state index < -0.39 is 0 Å². The van der Waals surface area contributed by atoms with E-state index in [1.807, 2.05) is 11.8 Å². The lowest BCUT2D eigenvalue weighted by Crippen LogP contribution is -2.54. The first-order chi connectivity index (χ1) is 9.61. The van der Waals surface area contributed by atoms with Crippen molar-refractivity contribution in [2.45, 2.75) is 19.0 Å². The number of hydrogen-bond donors (Lipinski definition) is 3. The molecular formula is C14H21N3O3. The second kappa shape index (κ2) is 6.69. The average Bonchev–Trinajstić information content (AvgIpc) is 2.46. The van der Waals surface area contributed by atoms with Crippen LogP contribution in [0.4, 0.5) is 11.4 Å². The molecule has 4 N–H and O–H groups in total. The number of rotatable bonds is 4. The van der Waals surface area contributed by atoms with Gasteiger partial charge in [-0.2, -0.15) is 0 Å². The van der Waals surface area contributed by atoms with Crippen molar-refractivity contribution in [2.24, 2.45) is 0 Å². The van der Waals surface area contributed by atoms with E-state index in [4.69, 9.17) is 10.5 Å². The van der Waals surface area contributed by atoms with Gasteiger partial charge in [0.15, 0.2) is 0 Å². The Morgan fingerprint density at radius 2 is 2.45 bits per heavy atom. The van der Waals surface area contributed by atoms with Gasteiger partial charge < -0.3 is 20.9 Å². The number of ether oxygens (including phenoxy) is 1. The van der Waals surface area contributed by atoms with Gasteiger partial charge in [0.2, 0.25) is 5.91 Å². The number of aliphatic hydroxyl groups is 1. The standard InChI is InChI=1S/C14H21N3O3/c1-10(17-5-6-20-9-13(17)8-18)14(19)16-12-4-2-3-11(15)7-12/h2-4,7,10,13,18H,5-6,8-9,15H2,1H3,(H,16,19). The fraction of sp³-hybridized carbons (Fsp3) is 0.500. The maximum atomic E-state index is 12.3. The number of aliphatic hydroxyl groups excluding tert-OH is 1. The van der Waals surface area contributed by atoms with Gasteiger partial charge in [0, 0.05) is 17.9 Å². The number of morpholine rings is 1. The van der Waals surface area contributed by atoms with Crippen molar-refractivity contribution in [3.63, 3.8) is 0 Å². The summed E-state index contributed by atoms with van der Waals surface area (Å²) in [5, 5.41) is 12.2. The van der Waals surface area contributed by atoms with E-state index in [-0.39, 0.29) is 24.6 Å². The Labute approximate surface area is 118 Å². The Bertz CT molecular complexity index is 467. The first-order valence-electron chi connectivity index (χ1n) is 6.72. The molecule has 1 aliphatic rings. The minimum Gasteiger partial charge on any atom is -0.399 e. The lowest BCUT2D eigenvalue weighted by molar-refractivity contribution is -0.125. The molecule has 6 heteroatoms. The summed E-state index contributed by atoms with van der Waals surface area (Å²) in [5.74, 6) is -0.115. The van der Waals surface area contributed by atoms with Gasteiger partial charge in [0.05, 0.1) is 31.9 Å². The summed E-state index contributed by atoms with van der Waals surface area (Å²) in [6.07, 6.45) is 0. The Morgan fingerprint density at radius 1 is 1.65 bits per heavy atom. The molecule has 6 nitrogen and oxygen atoms in total. The molecule has 1 aromatic carbocycles. The highest BCUT2D eigenvalue weighted by Crippen LogP contribution is 2.15. The van der Waals surface area contributed by atoms with Crippen LogP contribution >= 0.6 is 0 Å². The number of nitrogen functional groups attached to an aromatic ring is 1. The van der Waals surface area contributed by atoms with Gasteiger partial charge >= 0.3 is 0 Å². The molecule has 20 heavy (non-hydrogen) atoms. The molecule has 2 rings (SSSR count). The topological polar surface area (TPSA) is 87.8 Å². The van der Waals surface area contributed by atoms with Gasteiger partial charge in [-0.1, -0.05) is 6.07 Å². The molecule has 0 aliphatic carbocycles. The van der Waals surface area contributed by atoms with Crippen molar-refractivity contribution in [1.82, 2.24) is 4.90 Å². The predicted octanol–water partition coefficient (Wildman–Crippen LogP) is 0.289. The third-order valence-corrected chi connectivity index (χ3v) is 3.51. The quantitative estimate of drug-likeness (QED) is 0.689. The number of nitrogens with two attached hydrogens (primary N) is 1. The van der Waals surface area contributed by atoms with Crippen LogP contribution in [0.3, 0.4) is 0 Å². The van der Waals surface area contributed by atoms with Crippen LogP contribution in [0.25, 0.3) is 0 Å². The lowest BCUT2D eigenvalue weighted by atomic mass is 10.1. The molecule has 0 bridgehead atoms. The third-order valence-electron chi connectivity index (χ3n) is 3.51. The van der Waals surface area contributed by atoms with Gasteiger partial charge in [-0.05, 0) is 25.1 Å². The number of carbonyl (C=O) groups is 1. The highest BCUT2D eigenvalue weighted by atomic mass is 16.5. The van der Waals surface area contributed by atoms with Gasteiger partial charge in [-0.15, -0.1) is 0 Å². The number of benzene rings is 1. The monoisotopic (exact) mass is 279 g/mol. The van der Waals surface area contributed by atoms with Crippen molar-refractivity contribution >= 4 is 17.3 Å². The molecule has 1 aliphatic heterocycles. The van der Waals surface area contributed by atoms with Crippen molar-refractivity contribution in [2.75, 3.05) is 37.4 Å². The van der Waals surface area contributed by atoms with Gasteiger partial charge in [0.1, 0.15) is 0 Å².